The Labute approximate surface area is 167 Å². The van der Waals surface area contributed by atoms with Crippen LogP contribution in [0.4, 0.5) is 11.4 Å². The number of fused-ring (bicyclic) bond motifs is 1. The number of nitriles is 1. The summed E-state index contributed by atoms with van der Waals surface area (Å²) in [5, 5.41) is 9.13. The van der Waals surface area contributed by atoms with Gasteiger partial charge in [0.15, 0.2) is 0 Å². The van der Waals surface area contributed by atoms with Crippen LogP contribution in [0.15, 0.2) is 42.5 Å². The summed E-state index contributed by atoms with van der Waals surface area (Å²) in [6.45, 7) is 7.48. The molecule has 0 saturated heterocycles. The van der Waals surface area contributed by atoms with Crippen LogP contribution in [0.2, 0.25) is 0 Å². The molecule has 0 unspecified atom stereocenters. The molecule has 5 nitrogen and oxygen atoms in total. The van der Waals surface area contributed by atoms with Crippen molar-refractivity contribution in [2.24, 2.45) is 0 Å². The number of nitrogens with zero attached hydrogens (tertiary/aromatic N) is 3. The Hall–Kier alpha value is -3.00. The molecule has 1 atom stereocenters. The monoisotopic (exact) mass is 377 g/mol. The predicted octanol–water partition coefficient (Wildman–Crippen LogP) is 4.45. The van der Waals surface area contributed by atoms with Crippen molar-refractivity contribution in [3.8, 4) is 11.8 Å². The zero-order valence-corrected chi connectivity index (χ0v) is 17.0. The van der Waals surface area contributed by atoms with E-state index < -0.39 is 0 Å². The van der Waals surface area contributed by atoms with Gasteiger partial charge in [0.2, 0.25) is 6.41 Å². The molecule has 1 heterocycles. The van der Waals surface area contributed by atoms with E-state index >= 15 is 0 Å². The minimum atomic E-state index is -0.202. The lowest BCUT2D eigenvalue weighted by molar-refractivity contribution is -0.122. The van der Waals surface area contributed by atoms with Crippen LogP contribution in [0.3, 0.4) is 0 Å². The van der Waals surface area contributed by atoms with Crippen molar-refractivity contribution in [3.63, 3.8) is 0 Å². The molecular weight excluding hydrogens is 350 g/mol. The first-order valence-electron chi connectivity index (χ1n) is 9.56. The molecule has 3 rings (SSSR count). The largest absolute Gasteiger partial charge is 0.493 e. The van der Waals surface area contributed by atoms with Gasteiger partial charge in [-0.15, -0.1) is 0 Å². The van der Waals surface area contributed by atoms with Crippen molar-refractivity contribution in [2.75, 3.05) is 25.1 Å². The van der Waals surface area contributed by atoms with Crippen molar-refractivity contribution in [1.29, 1.82) is 5.26 Å². The van der Waals surface area contributed by atoms with E-state index in [9.17, 15) is 4.79 Å². The van der Waals surface area contributed by atoms with E-state index in [1.165, 1.54) is 0 Å². The minimum Gasteiger partial charge on any atom is -0.493 e. The molecule has 0 saturated carbocycles. The van der Waals surface area contributed by atoms with E-state index in [0.29, 0.717) is 18.7 Å². The maximum Gasteiger partial charge on any atom is 0.210 e. The lowest BCUT2D eigenvalue weighted by Crippen LogP contribution is -2.43. The van der Waals surface area contributed by atoms with Crippen molar-refractivity contribution in [2.45, 2.75) is 38.6 Å². The Morgan fingerprint density at radius 2 is 1.96 bits per heavy atom. The van der Waals surface area contributed by atoms with Crippen molar-refractivity contribution in [3.05, 3.63) is 53.6 Å². The van der Waals surface area contributed by atoms with Gasteiger partial charge in [-0.3, -0.25) is 4.79 Å². The lowest BCUT2D eigenvalue weighted by Gasteiger charge is -2.37. The fraction of sp³-hybridized carbons (Fsp3) is 0.391. The third-order valence-corrected chi connectivity index (χ3v) is 5.32. The van der Waals surface area contributed by atoms with Crippen LogP contribution in [0.25, 0.3) is 0 Å². The van der Waals surface area contributed by atoms with Gasteiger partial charge >= 0.3 is 0 Å². The molecule has 2 aromatic rings. The highest BCUT2D eigenvalue weighted by Crippen LogP contribution is 2.38. The van der Waals surface area contributed by atoms with Gasteiger partial charge in [0.05, 0.1) is 18.2 Å². The Bertz CT molecular complexity index is 895. The number of hydrogen-bond acceptors (Lipinski definition) is 4. The predicted molar refractivity (Wildman–Crippen MR) is 111 cm³/mol. The molecule has 1 aliphatic rings. The smallest absolute Gasteiger partial charge is 0.210 e. The van der Waals surface area contributed by atoms with Gasteiger partial charge < -0.3 is 14.5 Å². The maximum absolute atomic E-state index is 11.6. The second kappa shape index (κ2) is 7.93. The maximum atomic E-state index is 11.6. The van der Waals surface area contributed by atoms with E-state index in [-0.39, 0.29) is 11.5 Å². The molecule has 0 spiro atoms. The van der Waals surface area contributed by atoms with Gasteiger partial charge in [-0.2, -0.15) is 5.26 Å². The van der Waals surface area contributed by atoms with Crippen LogP contribution in [0, 0.1) is 11.3 Å². The number of anilines is 2. The van der Waals surface area contributed by atoms with Crippen molar-refractivity contribution >= 4 is 17.8 Å². The average Bonchev–Trinajstić information content (AvgIpc) is 2.70. The SMILES string of the molecule is CN(c1cccc(C#N)c1)c1ccc2c(c1)OCC[C@H]2CN(C=O)C(C)(C)C. The fourth-order valence-corrected chi connectivity index (χ4v) is 3.50. The topological polar surface area (TPSA) is 56.6 Å². The highest BCUT2D eigenvalue weighted by Gasteiger charge is 2.28. The molecule has 28 heavy (non-hydrogen) atoms. The normalized spacial score (nSPS) is 15.8. The summed E-state index contributed by atoms with van der Waals surface area (Å²) in [5.41, 5.74) is 3.52. The minimum absolute atomic E-state index is 0.202. The van der Waals surface area contributed by atoms with E-state index in [2.05, 4.69) is 39.0 Å². The van der Waals surface area contributed by atoms with Gasteiger partial charge in [-0.05, 0) is 57.0 Å². The molecule has 2 aromatic carbocycles. The van der Waals surface area contributed by atoms with E-state index in [0.717, 1.165) is 35.5 Å². The zero-order valence-electron chi connectivity index (χ0n) is 17.0. The van der Waals surface area contributed by atoms with E-state index in [1.54, 1.807) is 6.07 Å². The fourth-order valence-electron chi connectivity index (χ4n) is 3.50. The van der Waals surface area contributed by atoms with Crippen LogP contribution in [-0.4, -0.2) is 37.0 Å². The summed E-state index contributed by atoms with van der Waals surface area (Å²) in [5.74, 6) is 1.13. The van der Waals surface area contributed by atoms with Gasteiger partial charge in [0.1, 0.15) is 5.75 Å². The number of carbonyl (C=O) groups is 1. The number of ether oxygens (including phenoxy) is 1. The molecule has 1 aliphatic heterocycles. The molecule has 146 valence electrons. The van der Waals surface area contributed by atoms with Gasteiger partial charge in [0.25, 0.3) is 0 Å². The highest BCUT2D eigenvalue weighted by molar-refractivity contribution is 5.66. The summed E-state index contributed by atoms with van der Waals surface area (Å²) in [6, 6.07) is 15.9. The Morgan fingerprint density at radius 3 is 2.64 bits per heavy atom. The standard InChI is InChI=1S/C23H27N3O2/c1-23(2,3)26(16-27)15-18-10-11-28-22-13-20(8-9-21(18)22)25(4)19-7-5-6-17(12-19)14-24/h5-9,12-13,16,18H,10-11,15H2,1-4H3/t18-/m0/s1. The quantitative estimate of drug-likeness (QED) is 0.723. The third kappa shape index (κ3) is 4.12. The number of carbonyl (C=O) groups excluding carboxylic acids is 1. The first kappa shape index (κ1) is 19.8. The van der Waals surface area contributed by atoms with Crippen LogP contribution < -0.4 is 9.64 Å². The van der Waals surface area contributed by atoms with Crippen molar-refractivity contribution < 1.29 is 9.53 Å². The molecule has 5 heteroatoms. The molecule has 0 radical (unpaired) electrons. The zero-order chi connectivity index (χ0) is 20.3. The van der Waals surface area contributed by atoms with Crippen LogP contribution in [0.5, 0.6) is 5.75 Å². The van der Waals surface area contributed by atoms with Gasteiger partial charge in [-0.1, -0.05) is 12.1 Å². The van der Waals surface area contributed by atoms with Crippen molar-refractivity contribution in [1.82, 2.24) is 4.90 Å². The molecule has 1 amide bonds. The molecule has 0 bridgehead atoms. The van der Waals surface area contributed by atoms with Crippen LogP contribution in [0.1, 0.15) is 44.2 Å². The molecule has 0 fully saturated rings. The summed E-state index contributed by atoms with van der Waals surface area (Å²) in [7, 11) is 1.98. The summed E-state index contributed by atoms with van der Waals surface area (Å²) in [6.07, 6.45) is 1.84. The number of rotatable bonds is 5. The third-order valence-electron chi connectivity index (χ3n) is 5.32. The van der Waals surface area contributed by atoms with Gasteiger partial charge in [0, 0.05) is 42.5 Å². The molecule has 0 N–H and O–H groups in total. The Morgan fingerprint density at radius 1 is 1.21 bits per heavy atom. The average molecular weight is 377 g/mol. The lowest BCUT2D eigenvalue weighted by atomic mass is 9.91. The first-order valence-corrected chi connectivity index (χ1v) is 9.56. The molecular formula is C23H27N3O2. The second-order valence-corrected chi connectivity index (χ2v) is 8.21. The van der Waals surface area contributed by atoms with Crippen LogP contribution >= 0.6 is 0 Å². The number of hydrogen-bond donors (Lipinski definition) is 0. The summed E-state index contributed by atoms with van der Waals surface area (Å²) >= 11 is 0. The summed E-state index contributed by atoms with van der Waals surface area (Å²) in [4.78, 5) is 15.5. The number of benzene rings is 2. The molecule has 0 aromatic heterocycles. The molecule has 0 aliphatic carbocycles. The van der Waals surface area contributed by atoms with E-state index in [1.807, 2.05) is 41.1 Å². The highest BCUT2D eigenvalue weighted by atomic mass is 16.5. The Kier molecular flexibility index (Phi) is 5.60. The van der Waals surface area contributed by atoms with Crippen LogP contribution in [-0.2, 0) is 4.79 Å². The van der Waals surface area contributed by atoms with Gasteiger partial charge in [-0.25, -0.2) is 0 Å². The second-order valence-electron chi connectivity index (χ2n) is 8.21. The number of amides is 1. The Balaban J connectivity index is 1.86. The van der Waals surface area contributed by atoms with E-state index in [4.69, 9.17) is 10.00 Å². The first-order chi connectivity index (χ1) is 13.3. The summed E-state index contributed by atoms with van der Waals surface area (Å²) < 4.78 is 5.94.